The number of aryl methyl sites for hydroxylation is 1. The van der Waals surface area contributed by atoms with Crippen LogP contribution in [0.3, 0.4) is 0 Å². The van der Waals surface area contributed by atoms with E-state index in [0.717, 1.165) is 10.0 Å². The van der Waals surface area contributed by atoms with Crippen molar-refractivity contribution < 1.29 is 9.90 Å². The first-order valence-electron chi connectivity index (χ1n) is 6.11. The smallest absolute Gasteiger partial charge is 0.320 e. The van der Waals surface area contributed by atoms with Gasteiger partial charge in [-0.05, 0) is 36.5 Å². The largest absolute Gasteiger partial charge is 0.480 e. The minimum atomic E-state index is -0.785. The molecule has 0 aliphatic carbocycles. The van der Waals surface area contributed by atoms with Gasteiger partial charge in [0.2, 0.25) is 0 Å². The highest BCUT2D eigenvalue weighted by Gasteiger charge is 2.18. The summed E-state index contributed by atoms with van der Waals surface area (Å²) < 4.78 is 1.02. The van der Waals surface area contributed by atoms with Crippen LogP contribution in [0.25, 0.3) is 0 Å². The fraction of sp³-hybridized carbons (Fsp3) is 0.500. The number of rotatable bonds is 6. The van der Waals surface area contributed by atoms with Crippen LogP contribution < -0.4 is 5.32 Å². The van der Waals surface area contributed by atoms with E-state index in [2.05, 4.69) is 21.2 Å². The number of hydrogen-bond acceptors (Lipinski definition) is 2. The zero-order valence-corrected chi connectivity index (χ0v) is 12.6. The molecule has 100 valence electrons. The quantitative estimate of drug-likeness (QED) is 0.846. The lowest BCUT2D eigenvalue weighted by molar-refractivity contribution is -0.140. The lowest BCUT2D eigenvalue weighted by atomic mass is 10.0. The summed E-state index contributed by atoms with van der Waals surface area (Å²) >= 11 is 3.50. The number of carboxylic acid groups (broad SMARTS) is 1. The molecule has 0 saturated carbocycles. The zero-order valence-electron chi connectivity index (χ0n) is 11.0. The van der Waals surface area contributed by atoms with E-state index in [4.69, 9.17) is 5.11 Å². The van der Waals surface area contributed by atoms with E-state index in [1.807, 2.05) is 39.0 Å². The molecule has 3 nitrogen and oxygen atoms in total. The monoisotopic (exact) mass is 313 g/mol. The summed E-state index contributed by atoms with van der Waals surface area (Å²) in [6, 6.07) is 5.59. The Hall–Kier alpha value is -0.870. The second kappa shape index (κ2) is 6.90. The molecule has 4 heteroatoms. The minimum Gasteiger partial charge on any atom is -0.480 e. The molecule has 0 aromatic heterocycles. The average molecular weight is 314 g/mol. The Morgan fingerprint density at radius 1 is 1.44 bits per heavy atom. The number of benzene rings is 1. The third-order valence-electron chi connectivity index (χ3n) is 2.75. The van der Waals surface area contributed by atoms with Gasteiger partial charge >= 0.3 is 5.97 Å². The van der Waals surface area contributed by atoms with E-state index in [-0.39, 0.29) is 0 Å². The van der Waals surface area contributed by atoms with Crippen molar-refractivity contribution in [3.8, 4) is 0 Å². The summed E-state index contributed by atoms with van der Waals surface area (Å²) in [7, 11) is 0. The van der Waals surface area contributed by atoms with Crippen LogP contribution >= 0.6 is 15.9 Å². The summed E-state index contributed by atoms with van der Waals surface area (Å²) in [5.74, 6) is -0.424. The molecule has 0 aliphatic heterocycles. The van der Waals surface area contributed by atoms with Crippen molar-refractivity contribution in [1.29, 1.82) is 0 Å². The molecule has 18 heavy (non-hydrogen) atoms. The van der Waals surface area contributed by atoms with Crippen LogP contribution in [-0.4, -0.2) is 17.1 Å². The molecular formula is C14H20BrNO2. The summed E-state index contributed by atoms with van der Waals surface area (Å²) in [5, 5.41) is 12.2. The van der Waals surface area contributed by atoms with E-state index < -0.39 is 12.0 Å². The Labute approximate surface area is 117 Å². The highest BCUT2D eigenvalue weighted by molar-refractivity contribution is 9.10. The summed E-state index contributed by atoms with van der Waals surface area (Å²) in [6.07, 6.45) is 0.638. The maximum absolute atomic E-state index is 11.1. The van der Waals surface area contributed by atoms with E-state index in [0.29, 0.717) is 18.9 Å². The highest BCUT2D eigenvalue weighted by atomic mass is 79.9. The number of halogens is 1. The van der Waals surface area contributed by atoms with Crippen molar-refractivity contribution in [2.45, 2.75) is 39.8 Å². The van der Waals surface area contributed by atoms with Gasteiger partial charge in [-0.2, -0.15) is 0 Å². The van der Waals surface area contributed by atoms with Crippen LogP contribution in [0.15, 0.2) is 22.7 Å². The maximum atomic E-state index is 11.1. The number of carbonyl (C=O) groups is 1. The molecule has 1 atom stereocenters. The number of carboxylic acids is 1. The molecule has 0 heterocycles. The molecule has 0 bridgehead atoms. The highest BCUT2D eigenvalue weighted by Crippen LogP contribution is 2.18. The van der Waals surface area contributed by atoms with Crippen molar-refractivity contribution in [2.75, 3.05) is 0 Å². The molecule has 2 N–H and O–H groups in total. The van der Waals surface area contributed by atoms with Gasteiger partial charge in [0.1, 0.15) is 6.04 Å². The van der Waals surface area contributed by atoms with Gasteiger partial charge in [-0.25, -0.2) is 0 Å². The molecule has 0 amide bonds. The second-order valence-corrected chi connectivity index (χ2v) is 5.85. The first-order valence-corrected chi connectivity index (χ1v) is 6.90. The third-order valence-corrected chi connectivity index (χ3v) is 3.49. The molecule has 1 aromatic carbocycles. The van der Waals surface area contributed by atoms with Gasteiger partial charge < -0.3 is 10.4 Å². The maximum Gasteiger partial charge on any atom is 0.320 e. The number of nitrogens with one attached hydrogen (secondary N) is 1. The minimum absolute atomic E-state index is 0.361. The molecule has 0 aliphatic rings. The Bertz CT molecular complexity index is 418. The molecule has 0 saturated heterocycles. The van der Waals surface area contributed by atoms with Crippen LogP contribution in [-0.2, 0) is 11.3 Å². The predicted octanol–water partition coefficient (Wildman–Crippen LogP) is 3.35. The second-order valence-electron chi connectivity index (χ2n) is 5.00. The molecule has 1 rings (SSSR count). The van der Waals surface area contributed by atoms with Gasteiger partial charge in [-0.15, -0.1) is 0 Å². The van der Waals surface area contributed by atoms with E-state index in [1.54, 1.807) is 0 Å². The van der Waals surface area contributed by atoms with Gasteiger partial charge in [-0.1, -0.05) is 41.9 Å². The summed E-state index contributed by atoms with van der Waals surface area (Å²) in [5.41, 5.74) is 2.26. The summed E-state index contributed by atoms with van der Waals surface area (Å²) in [4.78, 5) is 11.1. The first kappa shape index (κ1) is 15.2. The van der Waals surface area contributed by atoms with Crippen molar-refractivity contribution in [2.24, 2.45) is 5.92 Å². The van der Waals surface area contributed by atoms with Crippen LogP contribution in [0.1, 0.15) is 31.4 Å². The van der Waals surface area contributed by atoms with Gasteiger partial charge in [0.15, 0.2) is 0 Å². The molecule has 1 unspecified atom stereocenters. The normalized spacial score (nSPS) is 12.7. The average Bonchev–Trinajstić information content (AvgIpc) is 2.25. The topological polar surface area (TPSA) is 49.3 Å². The molecule has 0 fully saturated rings. The lowest BCUT2D eigenvalue weighted by Gasteiger charge is -2.17. The summed E-state index contributed by atoms with van der Waals surface area (Å²) in [6.45, 7) is 6.64. The number of hydrogen-bond donors (Lipinski definition) is 2. The molecular weight excluding hydrogens is 294 g/mol. The van der Waals surface area contributed by atoms with Gasteiger partial charge in [0, 0.05) is 11.0 Å². The zero-order chi connectivity index (χ0) is 13.7. The Morgan fingerprint density at radius 2 is 2.11 bits per heavy atom. The fourth-order valence-electron chi connectivity index (χ4n) is 1.77. The lowest BCUT2D eigenvalue weighted by Crippen LogP contribution is -2.37. The SMILES string of the molecule is Cc1ccc(CNC(CC(C)C)C(=O)O)c(Br)c1. The third kappa shape index (κ3) is 4.78. The molecule has 0 radical (unpaired) electrons. The fourth-order valence-corrected chi connectivity index (χ4v) is 2.41. The standard InChI is InChI=1S/C14H20BrNO2/c1-9(2)6-13(14(17)18)16-8-11-5-4-10(3)7-12(11)15/h4-5,7,9,13,16H,6,8H2,1-3H3,(H,17,18). The van der Waals surface area contributed by atoms with Crippen molar-refractivity contribution in [3.05, 3.63) is 33.8 Å². The Balaban J connectivity index is 2.64. The van der Waals surface area contributed by atoms with E-state index >= 15 is 0 Å². The first-order chi connectivity index (χ1) is 8.40. The Kier molecular flexibility index (Phi) is 5.82. The van der Waals surface area contributed by atoms with E-state index in [1.165, 1.54) is 5.56 Å². The molecule has 1 aromatic rings. The van der Waals surface area contributed by atoms with Crippen LogP contribution in [0.5, 0.6) is 0 Å². The number of aliphatic carboxylic acids is 1. The van der Waals surface area contributed by atoms with Crippen LogP contribution in [0.4, 0.5) is 0 Å². The van der Waals surface area contributed by atoms with Crippen molar-refractivity contribution in [1.82, 2.24) is 5.32 Å². The van der Waals surface area contributed by atoms with E-state index in [9.17, 15) is 4.79 Å². The van der Waals surface area contributed by atoms with Gasteiger partial charge in [-0.3, -0.25) is 4.79 Å². The Morgan fingerprint density at radius 3 is 2.61 bits per heavy atom. The van der Waals surface area contributed by atoms with Gasteiger partial charge in [0.05, 0.1) is 0 Å². The van der Waals surface area contributed by atoms with Crippen molar-refractivity contribution >= 4 is 21.9 Å². The van der Waals surface area contributed by atoms with Gasteiger partial charge in [0.25, 0.3) is 0 Å². The molecule has 0 spiro atoms. The predicted molar refractivity (Wildman–Crippen MR) is 76.6 cm³/mol. The van der Waals surface area contributed by atoms with Crippen LogP contribution in [0.2, 0.25) is 0 Å². The van der Waals surface area contributed by atoms with Crippen molar-refractivity contribution in [3.63, 3.8) is 0 Å². The van der Waals surface area contributed by atoms with Crippen LogP contribution in [0, 0.1) is 12.8 Å².